The van der Waals surface area contributed by atoms with Gasteiger partial charge in [0.05, 0.1) is 56.5 Å². The Kier molecular flexibility index (Phi) is 13.4. The third kappa shape index (κ3) is 8.07. The molecule has 8 atom stereocenters. The zero-order chi connectivity index (χ0) is 36.5. The number of hydrogen-bond donors (Lipinski definition) is 2. The van der Waals surface area contributed by atoms with Crippen LogP contribution in [0.15, 0.2) is 55.6 Å². The van der Waals surface area contributed by atoms with Crippen molar-refractivity contribution in [3.8, 4) is 0 Å². The Morgan fingerprint density at radius 2 is 1.92 bits per heavy atom. The highest BCUT2D eigenvalue weighted by Gasteiger charge is 2.75. The highest BCUT2D eigenvalue weighted by molar-refractivity contribution is 5.98. The number of likely N-dealkylation sites (tertiary alicyclic amines) is 1. The molecule has 4 aliphatic rings. The summed E-state index contributed by atoms with van der Waals surface area (Å²) in [6.07, 6.45) is 3.71. The Morgan fingerprint density at radius 3 is 2.57 bits per heavy atom. The Balaban J connectivity index is 1.45. The summed E-state index contributed by atoms with van der Waals surface area (Å²) in [6.45, 7) is 13.2. The number of rotatable bonds is 19. The van der Waals surface area contributed by atoms with E-state index >= 15 is 0 Å². The lowest BCUT2D eigenvalue weighted by atomic mass is 9.70. The van der Waals surface area contributed by atoms with Gasteiger partial charge in [-0.3, -0.25) is 24.1 Å². The maximum Gasteiger partial charge on any atom is 0.313 e. The van der Waals surface area contributed by atoms with Crippen LogP contribution in [-0.2, 0) is 38.1 Å². The molecule has 13 nitrogen and oxygen atoms in total. The largest absolute Gasteiger partial charge is 0.455 e. The molecule has 4 fully saturated rings. The van der Waals surface area contributed by atoms with Crippen LogP contribution in [-0.4, -0.2) is 140 Å². The molecule has 2 N–H and O–H groups in total. The van der Waals surface area contributed by atoms with Crippen LogP contribution in [0.1, 0.15) is 50.7 Å². The first-order chi connectivity index (χ1) is 24.7. The van der Waals surface area contributed by atoms with Gasteiger partial charge in [-0.25, -0.2) is 0 Å². The summed E-state index contributed by atoms with van der Waals surface area (Å²) in [5.74, 6) is -3.54. The van der Waals surface area contributed by atoms with Crippen molar-refractivity contribution in [2.75, 3.05) is 66.3 Å². The molecule has 0 aromatic heterocycles. The van der Waals surface area contributed by atoms with Gasteiger partial charge in [0.15, 0.2) is 0 Å². The third-order valence-corrected chi connectivity index (χ3v) is 10.8. The molecular formula is C38H54N4O9. The maximum atomic E-state index is 14.7. The first-order valence-electron chi connectivity index (χ1n) is 18.2. The minimum absolute atomic E-state index is 0.0617. The second-order valence-corrected chi connectivity index (χ2v) is 13.8. The minimum Gasteiger partial charge on any atom is -0.455 e. The van der Waals surface area contributed by atoms with Gasteiger partial charge in [-0.15, -0.1) is 13.2 Å². The number of nitrogens with one attached hydrogen (secondary N) is 1. The van der Waals surface area contributed by atoms with E-state index in [9.17, 15) is 24.3 Å². The average Bonchev–Trinajstić information content (AvgIpc) is 3.80. The summed E-state index contributed by atoms with van der Waals surface area (Å²) in [4.78, 5) is 62.1. The number of benzene rings is 1. The number of fused-ring (bicyclic) bond motifs is 1. The number of methoxy groups -OCH3 is 1. The van der Waals surface area contributed by atoms with Crippen LogP contribution in [0.2, 0.25) is 0 Å². The Morgan fingerprint density at radius 1 is 1.18 bits per heavy atom. The molecule has 0 aliphatic carbocycles. The number of esters is 1. The molecule has 0 radical (unpaired) electrons. The first-order valence-corrected chi connectivity index (χ1v) is 18.2. The lowest BCUT2D eigenvalue weighted by molar-refractivity contribution is -0.163. The molecule has 5 rings (SSSR count). The summed E-state index contributed by atoms with van der Waals surface area (Å²) in [6, 6.07) is 6.69. The number of aliphatic hydroxyl groups excluding tert-OH is 1. The number of carbonyl (C=O) groups is 4. The third-order valence-electron chi connectivity index (χ3n) is 10.8. The van der Waals surface area contributed by atoms with Crippen molar-refractivity contribution in [1.29, 1.82) is 0 Å². The van der Waals surface area contributed by atoms with E-state index in [2.05, 4.69) is 23.4 Å². The normalized spacial score (nSPS) is 27.4. The van der Waals surface area contributed by atoms with Crippen LogP contribution < -0.4 is 5.32 Å². The highest BCUT2D eigenvalue weighted by atomic mass is 16.6. The Labute approximate surface area is 300 Å². The van der Waals surface area contributed by atoms with Crippen LogP contribution in [0.4, 0.5) is 0 Å². The summed E-state index contributed by atoms with van der Waals surface area (Å²) in [7, 11) is 1.51. The van der Waals surface area contributed by atoms with Crippen LogP contribution in [0, 0.1) is 11.8 Å². The van der Waals surface area contributed by atoms with Crippen molar-refractivity contribution in [1.82, 2.24) is 20.0 Å². The lowest BCUT2D eigenvalue weighted by Crippen LogP contribution is -2.59. The SMILES string of the molecule is C=CCCC(=O)N[C@H](COC)[C@H](OC(=O)[C@@H]1[C@@H]2CC[C@]3(O2)[C@H](C(=O)N(CC=C)CCN2CCOCC2)N([C@@H](CC)CO)C(=O)[C@@H]13)c1ccccc1. The van der Waals surface area contributed by atoms with Gasteiger partial charge in [-0.2, -0.15) is 0 Å². The monoisotopic (exact) mass is 710 g/mol. The number of amides is 3. The van der Waals surface area contributed by atoms with Gasteiger partial charge in [0, 0.05) is 46.3 Å². The van der Waals surface area contributed by atoms with Crippen LogP contribution in [0.3, 0.4) is 0 Å². The standard InChI is InChI=1S/C38H54N4O9/c1-5-8-14-30(44)39-28(25-48-4)33(26-12-10-9-11-13-26)50-37(47)31-29-15-16-38(51-29)32(31)35(45)42(27(7-3)24-43)34(38)36(46)41(17-6-2)19-18-40-20-22-49-23-21-40/h5-6,9-13,27-29,31-34,43H,1-2,7-8,14-25H2,3-4H3,(H,39,44)/t27-,28+,29-,31+,32+,33+,34-,38+/m0/s1. The fourth-order valence-corrected chi connectivity index (χ4v) is 8.28. The predicted octanol–water partition coefficient (Wildman–Crippen LogP) is 1.86. The molecule has 1 aromatic carbocycles. The highest BCUT2D eigenvalue weighted by Crippen LogP contribution is 2.59. The van der Waals surface area contributed by atoms with Gasteiger partial charge in [-0.1, -0.05) is 49.4 Å². The van der Waals surface area contributed by atoms with Gasteiger partial charge in [-0.05, 0) is 31.2 Å². The van der Waals surface area contributed by atoms with Gasteiger partial charge in [0.2, 0.25) is 17.7 Å². The molecule has 1 spiro atoms. The molecule has 0 unspecified atom stereocenters. The van der Waals surface area contributed by atoms with Crippen molar-refractivity contribution in [2.45, 2.75) is 75.0 Å². The molecule has 4 aliphatic heterocycles. The fraction of sp³-hybridized carbons (Fsp3) is 0.632. The molecule has 4 heterocycles. The summed E-state index contributed by atoms with van der Waals surface area (Å²) in [5, 5.41) is 13.4. The summed E-state index contributed by atoms with van der Waals surface area (Å²) in [5.41, 5.74) is -0.619. The first kappa shape index (κ1) is 38.6. The predicted molar refractivity (Wildman–Crippen MR) is 188 cm³/mol. The Bertz CT molecular complexity index is 1380. The quantitative estimate of drug-likeness (QED) is 0.161. The number of allylic oxidation sites excluding steroid dienone is 1. The molecule has 13 heteroatoms. The molecule has 2 bridgehead atoms. The zero-order valence-electron chi connectivity index (χ0n) is 30.0. The second kappa shape index (κ2) is 17.7. The van der Waals surface area contributed by atoms with Crippen molar-refractivity contribution in [2.24, 2.45) is 11.8 Å². The number of ether oxygens (including phenoxy) is 4. The zero-order valence-corrected chi connectivity index (χ0v) is 30.0. The lowest BCUT2D eigenvalue weighted by Gasteiger charge is -2.39. The minimum atomic E-state index is -1.27. The van der Waals surface area contributed by atoms with Crippen molar-refractivity contribution >= 4 is 23.7 Å². The number of carbonyl (C=O) groups excluding carboxylic acids is 4. The number of hydrogen-bond acceptors (Lipinski definition) is 10. The summed E-state index contributed by atoms with van der Waals surface area (Å²) >= 11 is 0. The second-order valence-electron chi connectivity index (χ2n) is 13.8. The van der Waals surface area contributed by atoms with Crippen molar-refractivity contribution < 1.29 is 43.2 Å². The van der Waals surface area contributed by atoms with Crippen LogP contribution in [0.25, 0.3) is 0 Å². The maximum absolute atomic E-state index is 14.7. The smallest absolute Gasteiger partial charge is 0.313 e. The molecule has 51 heavy (non-hydrogen) atoms. The van der Waals surface area contributed by atoms with Crippen LogP contribution in [0.5, 0.6) is 0 Å². The van der Waals surface area contributed by atoms with Crippen molar-refractivity contribution in [3.63, 3.8) is 0 Å². The van der Waals surface area contributed by atoms with E-state index in [1.807, 2.05) is 37.3 Å². The van der Waals surface area contributed by atoms with Gasteiger partial charge >= 0.3 is 5.97 Å². The van der Waals surface area contributed by atoms with Crippen molar-refractivity contribution in [3.05, 3.63) is 61.2 Å². The molecule has 1 aromatic rings. The van der Waals surface area contributed by atoms with E-state index in [0.717, 1.165) is 13.1 Å². The summed E-state index contributed by atoms with van der Waals surface area (Å²) < 4.78 is 23.9. The fourth-order valence-electron chi connectivity index (χ4n) is 8.28. The van der Waals surface area contributed by atoms with E-state index in [4.69, 9.17) is 18.9 Å². The van der Waals surface area contributed by atoms with Crippen LogP contribution >= 0.6 is 0 Å². The van der Waals surface area contributed by atoms with E-state index in [1.165, 1.54) is 12.0 Å². The molecule has 3 amide bonds. The molecule has 4 saturated heterocycles. The van der Waals surface area contributed by atoms with Gasteiger partial charge < -0.3 is 39.2 Å². The van der Waals surface area contributed by atoms with Gasteiger partial charge in [0.1, 0.15) is 17.7 Å². The Hall–Kier alpha value is -3.62. The van der Waals surface area contributed by atoms with E-state index in [0.29, 0.717) is 57.6 Å². The van der Waals surface area contributed by atoms with E-state index in [-0.39, 0.29) is 38.0 Å². The van der Waals surface area contributed by atoms with E-state index < -0.39 is 59.6 Å². The van der Waals surface area contributed by atoms with E-state index in [1.54, 1.807) is 17.1 Å². The molecule has 280 valence electrons. The molecular weight excluding hydrogens is 656 g/mol. The number of aliphatic hydroxyl groups is 1. The number of nitrogens with zero attached hydrogens (tertiary/aromatic N) is 3. The average molecular weight is 711 g/mol. The topological polar surface area (TPSA) is 147 Å². The van der Waals surface area contributed by atoms with Gasteiger partial charge in [0.25, 0.3) is 0 Å². The molecule has 0 saturated carbocycles. The number of morpholine rings is 1.